The van der Waals surface area contributed by atoms with Gasteiger partial charge in [0.15, 0.2) is 6.61 Å². The van der Waals surface area contributed by atoms with Gasteiger partial charge in [-0.05, 0) is 62.8 Å². The van der Waals surface area contributed by atoms with Crippen LogP contribution in [0.2, 0.25) is 5.02 Å². The van der Waals surface area contributed by atoms with E-state index in [1.54, 1.807) is 24.3 Å². The molecule has 1 amide bonds. The van der Waals surface area contributed by atoms with Gasteiger partial charge < -0.3 is 9.64 Å². The molecule has 0 saturated heterocycles. The monoisotopic (exact) mass is 293 g/mol. The summed E-state index contributed by atoms with van der Waals surface area (Å²) >= 11 is 5.83. The summed E-state index contributed by atoms with van der Waals surface area (Å²) in [6.07, 6.45) is 4.80. The summed E-state index contributed by atoms with van der Waals surface area (Å²) in [5.74, 6) is 1.51. The third kappa shape index (κ3) is 3.26. The van der Waals surface area contributed by atoms with Crippen LogP contribution in [0.1, 0.15) is 32.6 Å². The van der Waals surface area contributed by atoms with E-state index in [2.05, 4.69) is 11.8 Å². The largest absolute Gasteiger partial charge is 0.484 e. The first-order chi connectivity index (χ1) is 9.65. The maximum Gasteiger partial charge on any atom is 0.261 e. The summed E-state index contributed by atoms with van der Waals surface area (Å²) in [5.41, 5.74) is 0. The molecule has 1 aromatic rings. The van der Waals surface area contributed by atoms with Crippen LogP contribution in [0.4, 0.5) is 0 Å². The predicted octanol–water partition coefficient (Wildman–Crippen LogP) is 3.51. The van der Waals surface area contributed by atoms with Gasteiger partial charge in [0.25, 0.3) is 5.91 Å². The smallest absolute Gasteiger partial charge is 0.261 e. The number of nitrogens with zero attached hydrogens (tertiary/aromatic N) is 1. The SMILES string of the molecule is CC(C1CC1)N(C(=O)COc1ccc(Cl)cc1)C1CC1. The molecule has 0 heterocycles. The molecule has 0 radical (unpaired) electrons. The molecule has 0 aliphatic heterocycles. The summed E-state index contributed by atoms with van der Waals surface area (Å²) in [6.45, 7) is 2.30. The van der Waals surface area contributed by atoms with Crippen LogP contribution in [0.5, 0.6) is 5.75 Å². The van der Waals surface area contributed by atoms with Crippen molar-refractivity contribution >= 4 is 17.5 Å². The van der Waals surface area contributed by atoms with Crippen LogP contribution in [-0.4, -0.2) is 29.5 Å². The molecule has 108 valence electrons. The fraction of sp³-hybridized carbons (Fsp3) is 0.562. The first kappa shape index (κ1) is 13.7. The molecule has 3 rings (SSSR count). The van der Waals surface area contributed by atoms with E-state index < -0.39 is 0 Å². The second-order valence-electron chi connectivity index (χ2n) is 5.85. The minimum absolute atomic E-state index is 0.113. The molecule has 0 N–H and O–H groups in total. The highest BCUT2D eigenvalue weighted by Crippen LogP contribution is 2.39. The zero-order valence-corrected chi connectivity index (χ0v) is 12.5. The highest BCUT2D eigenvalue weighted by atomic mass is 35.5. The number of amides is 1. The van der Waals surface area contributed by atoms with E-state index in [0.717, 1.165) is 12.8 Å². The summed E-state index contributed by atoms with van der Waals surface area (Å²) < 4.78 is 5.58. The third-order valence-corrected chi connectivity index (χ3v) is 4.40. The van der Waals surface area contributed by atoms with Crippen molar-refractivity contribution < 1.29 is 9.53 Å². The van der Waals surface area contributed by atoms with Gasteiger partial charge in [0.1, 0.15) is 5.75 Å². The maximum absolute atomic E-state index is 12.4. The van der Waals surface area contributed by atoms with Crippen LogP contribution in [-0.2, 0) is 4.79 Å². The van der Waals surface area contributed by atoms with Crippen LogP contribution in [0.15, 0.2) is 24.3 Å². The zero-order chi connectivity index (χ0) is 14.1. The standard InChI is InChI=1S/C16H20ClNO2/c1-11(12-2-3-12)18(14-6-7-14)16(19)10-20-15-8-4-13(17)5-9-15/h4-5,8-9,11-12,14H,2-3,6-7,10H2,1H3. The van der Waals surface area contributed by atoms with Crippen molar-refractivity contribution in [3.8, 4) is 5.75 Å². The molecule has 2 fully saturated rings. The summed E-state index contributed by atoms with van der Waals surface area (Å²) in [6, 6.07) is 7.94. The van der Waals surface area contributed by atoms with Crippen LogP contribution >= 0.6 is 11.6 Å². The average molecular weight is 294 g/mol. The molecule has 3 nitrogen and oxygen atoms in total. The Hall–Kier alpha value is -1.22. The normalized spacial score (nSPS) is 19.5. The number of benzene rings is 1. The number of ether oxygens (including phenoxy) is 1. The Kier molecular flexibility index (Phi) is 3.88. The second kappa shape index (κ2) is 5.65. The van der Waals surface area contributed by atoms with Crippen molar-refractivity contribution in [2.75, 3.05) is 6.61 Å². The third-order valence-electron chi connectivity index (χ3n) is 4.15. The van der Waals surface area contributed by atoms with Crippen molar-refractivity contribution in [1.82, 2.24) is 4.90 Å². The first-order valence-corrected chi connectivity index (χ1v) is 7.72. The molecule has 2 aliphatic rings. The number of hydrogen-bond acceptors (Lipinski definition) is 2. The average Bonchev–Trinajstić information content (AvgIpc) is 3.29. The fourth-order valence-electron chi connectivity index (χ4n) is 2.67. The van der Waals surface area contributed by atoms with E-state index in [9.17, 15) is 4.79 Å². The Labute approximate surface area is 124 Å². The molecule has 2 saturated carbocycles. The predicted molar refractivity (Wildman–Crippen MR) is 79.0 cm³/mol. The molecule has 0 bridgehead atoms. The maximum atomic E-state index is 12.4. The van der Waals surface area contributed by atoms with Crippen molar-refractivity contribution in [2.24, 2.45) is 5.92 Å². The van der Waals surface area contributed by atoms with E-state index in [1.165, 1.54) is 12.8 Å². The molecule has 4 heteroatoms. The molecule has 2 aliphatic carbocycles. The number of hydrogen-bond donors (Lipinski definition) is 0. The number of carbonyl (C=O) groups is 1. The van der Waals surface area contributed by atoms with Gasteiger partial charge in [-0.2, -0.15) is 0 Å². The Balaban J connectivity index is 1.57. The Morgan fingerprint density at radius 1 is 1.30 bits per heavy atom. The topological polar surface area (TPSA) is 29.5 Å². The van der Waals surface area contributed by atoms with Crippen LogP contribution < -0.4 is 4.74 Å². The Morgan fingerprint density at radius 3 is 2.50 bits per heavy atom. The van der Waals surface area contributed by atoms with Gasteiger partial charge in [0, 0.05) is 17.1 Å². The minimum Gasteiger partial charge on any atom is -0.484 e. The second-order valence-corrected chi connectivity index (χ2v) is 6.29. The van der Waals surface area contributed by atoms with Crippen LogP contribution in [0, 0.1) is 5.92 Å². The number of rotatable bonds is 6. The lowest BCUT2D eigenvalue weighted by molar-refractivity contribution is -0.136. The summed E-state index contributed by atoms with van der Waals surface area (Å²) in [5, 5.41) is 0.672. The van der Waals surface area contributed by atoms with Gasteiger partial charge in [-0.25, -0.2) is 0 Å². The number of carbonyl (C=O) groups excluding carboxylic acids is 1. The van der Waals surface area contributed by atoms with Gasteiger partial charge in [-0.15, -0.1) is 0 Å². The van der Waals surface area contributed by atoms with Crippen molar-refractivity contribution in [1.29, 1.82) is 0 Å². The molecule has 20 heavy (non-hydrogen) atoms. The van der Waals surface area contributed by atoms with E-state index >= 15 is 0 Å². The number of halogens is 1. The molecule has 1 unspecified atom stereocenters. The minimum atomic E-state index is 0.113. The Bertz CT molecular complexity index is 480. The van der Waals surface area contributed by atoms with E-state index in [-0.39, 0.29) is 12.5 Å². The highest BCUT2D eigenvalue weighted by Gasteiger charge is 2.41. The van der Waals surface area contributed by atoms with E-state index in [0.29, 0.717) is 28.8 Å². The molecular weight excluding hydrogens is 274 g/mol. The molecule has 1 atom stereocenters. The fourth-order valence-corrected chi connectivity index (χ4v) is 2.80. The Morgan fingerprint density at radius 2 is 1.95 bits per heavy atom. The van der Waals surface area contributed by atoms with Crippen molar-refractivity contribution in [3.05, 3.63) is 29.3 Å². The van der Waals surface area contributed by atoms with Gasteiger partial charge in [0.2, 0.25) is 0 Å². The first-order valence-electron chi connectivity index (χ1n) is 7.34. The lowest BCUT2D eigenvalue weighted by atomic mass is 10.1. The van der Waals surface area contributed by atoms with Crippen LogP contribution in [0.25, 0.3) is 0 Å². The molecule has 1 aromatic carbocycles. The van der Waals surface area contributed by atoms with Gasteiger partial charge in [-0.3, -0.25) is 4.79 Å². The van der Waals surface area contributed by atoms with E-state index in [4.69, 9.17) is 16.3 Å². The van der Waals surface area contributed by atoms with Gasteiger partial charge >= 0.3 is 0 Å². The summed E-state index contributed by atoms with van der Waals surface area (Å²) in [7, 11) is 0. The van der Waals surface area contributed by atoms with Crippen LogP contribution in [0.3, 0.4) is 0 Å². The zero-order valence-electron chi connectivity index (χ0n) is 11.7. The molecule has 0 spiro atoms. The van der Waals surface area contributed by atoms with E-state index in [1.807, 2.05) is 0 Å². The lowest BCUT2D eigenvalue weighted by Crippen LogP contribution is -2.44. The summed E-state index contributed by atoms with van der Waals surface area (Å²) in [4.78, 5) is 14.5. The van der Waals surface area contributed by atoms with Gasteiger partial charge in [0.05, 0.1) is 0 Å². The highest BCUT2D eigenvalue weighted by molar-refractivity contribution is 6.30. The lowest BCUT2D eigenvalue weighted by Gasteiger charge is -2.29. The van der Waals surface area contributed by atoms with Gasteiger partial charge in [-0.1, -0.05) is 11.6 Å². The van der Waals surface area contributed by atoms with Crippen molar-refractivity contribution in [2.45, 2.75) is 44.7 Å². The molecular formula is C16H20ClNO2. The molecule has 0 aromatic heterocycles. The van der Waals surface area contributed by atoms with Crippen molar-refractivity contribution in [3.63, 3.8) is 0 Å². The quantitative estimate of drug-likeness (QED) is 0.803.